The second kappa shape index (κ2) is 9.30. The molecule has 0 bridgehead atoms. The van der Waals surface area contributed by atoms with Crippen molar-refractivity contribution in [1.82, 2.24) is 0 Å². The van der Waals surface area contributed by atoms with Gasteiger partial charge < -0.3 is 0 Å². The van der Waals surface area contributed by atoms with Crippen molar-refractivity contribution in [1.29, 1.82) is 0 Å². The summed E-state index contributed by atoms with van der Waals surface area (Å²) in [6.45, 7) is 4.45. The molecule has 0 unspecified atom stereocenters. The SMILES string of the molecule is Cc1cc(C#Cc2ccc(S)cc2)ccc1C#Cc1ccc([C@H]2CC[C@@H](C)C2)cc1. The largest absolute Gasteiger partial charge is 0.143 e. The van der Waals surface area contributed by atoms with Crippen LogP contribution in [-0.2, 0) is 0 Å². The summed E-state index contributed by atoms with van der Waals surface area (Å²) in [5.41, 5.74) is 6.73. The Morgan fingerprint density at radius 2 is 1.33 bits per heavy atom. The van der Waals surface area contributed by atoms with Crippen molar-refractivity contribution >= 4 is 12.6 Å². The third-order valence-electron chi connectivity index (χ3n) is 5.86. The van der Waals surface area contributed by atoms with Gasteiger partial charge in [-0.05, 0) is 97.3 Å². The summed E-state index contributed by atoms with van der Waals surface area (Å²) in [4.78, 5) is 0.946. The Kier molecular flexibility index (Phi) is 6.32. The van der Waals surface area contributed by atoms with Gasteiger partial charge in [-0.1, -0.05) is 49.2 Å². The van der Waals surface area contributed by atoms with E-state index in [2.05, 4.69) is 86.6 Å². The van der Waals surface area contributed by atoms with Crippen molar-refractivity contribution in [3.05, 3.63) is 100 Å². The lowest BCUT2D eigenvalue weighted by molar-refractivity contribution is 0.596. The van der Waals surface area contributed by atoms with Crippen molar-refractivity contribution in [2.75, 3.05) is 0 Å². The van der Waals surface area contributed by atoms with Crippen LogP contribution < -0.4 is 0 Å². The second-order valence-electron chi connectivity index (χ2n) is 8.31. The molecule has 30 heavy (non-hydrogen) atoms. The fourth-order valence-electron chi connectivity index (χ4n) is 4.06. The van der Waals surface area contributed by atoms with Gasteiger partial charge in [0.1, 0.15) is 0 Å². The molecule has 3 aromatic carbocycles. The molecule has 0 saturated heterocycles. The highest BCUT2D eigenvalue weighted by atomic mass is 32.1. The van der Waals surface area contributed by atoms with Gasteiger partial charge in [0.25, 0.3) is 0 Å². The molecule has 148 valence electrons. The van der Waals surface area contributed by atoms with E-state index >= 15 is 0 Å². The maximum Gasteiger partial charge on any atom is 0.0279 e. The molecule has 0 aliphatic heterocycles. The molecule has 1 saturated carbocycles. The molecule has 0 heterocycles. The summed E-state index contributed by atoms with van der Waals surface area (Å²) in [6.07, 6.45) is 3.99. The molecule has 0 spiro atoms. The van der Waals surface area contributed by atoms with E-state index in [9.17, 15) is 0 Å². The predicted octanol–water partition coefficient (Wildman–Crippen LogP) is 6.99. The lowest BCUT2D eigenvalue weighted by Crippen LogP contribution is -1.93. The minimum Gasteiger partial charge on any atom is -0.143 e. The monoisotopic (exact) mass is 406 g/mol. The quantitative estimate of drug-likeness (QED) is 0.327. The fraction of sp³-hybridized carbons (Fsp3) is 0.241. The summed E-state index contributed by atoms with van der Waals surface area (Å²) >= 11 is 4.31. The van der Waals surface area contributed by atoms with Gasteiger partial charge in [-0.15, -0.1) is 12.6 Å². The molecule has 1 aliphatic carbocycles. The van der Waals surface area contributed by atoms with Gasteiger partial charge in [0, 0.05) is 27.1 Å². The smallest absolute Gasteiger partial charge is 0.0279 e. The highest BCUT2D eigenvalue weighted by molar-refractivity contribution is 7.80. The predicted molar refractivity (Wildman–Crippen MR) is 129 cm³/mol. The first-order valence-corrected chi connectivity index (χ1v) is 11.1. The van der Waals surface area contributed by atoms with Gasteiger partial charge in [0.2, 0.25) is 0 Å². The van der Waals surface area contributed by atoms with E-state index in [1.54, 1.807) is 0 Å². The Morgan fingerprint density at radius 3 is 1.97 bits per heavy atom. The van der Waals surface area contributed by atoms with Crippen molar-refractivity contribution in [2.45, 2.75) is 43.9 Å². The zero-order valence-electron chi connectivity index (χ0n) is 17.6. The Morgan fingerprint density at radius 1 is 0.733 bits per heavy atom. The van der Waals surface area contributed by atoms with Gasteiger partial charge in [0.15, 0.2) is 0 Å². The summed E-state index contributed by atoms with van der Waals surface area (Å²) in [6, 6.07) is 23.0. The van der Waals surface area contributed by atoms with Gasteiger partial charge in [-0.2, -0.15) is 0 Å². The molecule has 1 aliphatic rings. The average molecular weight is 407 g/mol. The molecule has 3 aromatic rings. The van der Waals surface area contributed by atoms with Gasteiger partial charge in [-0.25, -0.2) is 0 Å². The minimum atomic E-state index is 0.730. The second-order valence-corrected chi connectivity index (χ2v) is 8.83. The topological polar surface area (TPSA) is 0 Å². The molecule has 0 N–H and O–H groups in total. The molecule has 1 fully saturated rings. The Labute approximate surface area is 186 Å². The lowest BCUT2D eigenvalue weighted by atomic mass is 9.96. The molecular formula is C29H26S. The molecule has 4 rings (SSSR count). The van der Waals surface area contributed by atoms with Crippen LogP contribution in [0.1, 0.15) is 65.5 Å². The van der Waals surface area contributed by atoms with Crippen LogP contribution in [0, 0.1) is 36.5 Å². The van der Waals surface area contributed by atoms with Crippen molar-refractivity contribution in [3.8, 4) is 23.7 Å². The van der Waals surface area contributed by atoms with Crippen molar-refractivity contribution in [3.63, 3.8) is 0 Å². The van der Waals surface area contributed by atoms with Crippen LogP contribution in [0.4, 0.5) is 0 Å². The molecule has 2 atom stereocenters. The van der Waals surface area contributed by atoms with Crippen molar-refractivity contribution in [2.24, 2.45) is 5.92 Å². The first kappa shape index (κ1) is 20.4. The summed E-state index contributed by atoms with van der Waals surface area (Å²) in [5.74, 6) is 14.7. The fourth-order valence-corrected chi connectivity index (χ4v) is 4.21. The number of aryl methyl sites for hydroxylation is 1. The van der Waals surface area contributed by atoms with Crippen LogP contribution >= 0.6 is 12.6 Å². The van der Waals surface area contributed by atoms with Gasteiger partial charge in [0.05, 0.1) is 0 Å². The highest BCUT2D eigenvalue weighted by Gasteiger charge is 2.22. The summed E-state index contributed by atoms with van der Waals surface area (Å²) in [7, 11) is 0. The molecule has 0 nitrogen and oxygen atoms in total. The third-order valence-corrected chi connectivity index (χ3v) is 6.16. The Hall–Kier alpha value is -2.87. The maximum absolute atomic E-state index is 4.31. The first-order valence-electron chi connectivity index (χ1n) is 10.6. The highest BCUT2D eigenvalue weighted by Crippen LogP contribution is 2.37. The molecule has 0 radical (unpaired) electrons. The van der Waals surface area contributed by atoms with E-state index in [-0.39, 0.29) is 0 Å². The summed E-state index contributed by atoms with van der Waals surface area (Å²) in [5, 5.41) is 0. The van der Waals surface area contributed by atoms with Gasteiger partial charge >= 0.3 is 0 Å². The molecule has 0 amide bonds. The lowest BCUT2D eigenvalue weighted by Gasteiger charge is -2.09. The van der Waals surface area contributed by atoms with Crippen LogP contribution in [0.25, 0.3) is 0 Å². The number of hydrogen-bond acceptors (Lipinski definition) is 1. The van der Waals surface area contributed by atoms with E-state index < -0.39 is 0 Å². The van der Waals surface area contributed by atoms with E-state index in [4.69, 9.17) is 0 Å². The standard InChI is InChI=1S/C29H26S/c1-21-3-12-28(19-21)27-15-7-24(8-16-27)6-13-26-14-9-25(20-22(26)2)5-4-23-10-17-29(30)18-11-23/h7-11,14-18,20-21,28,30H,3,12,19H2,1-2H3/t21-,28+/m1/s1. The van der Waals surface area contributed by atoms with Gasteiger partial charge in [-0.3, -0.25) is 0 Å². The van der Waals surface area contributed by atoms with Crippen LogP contribution in [0.15, 0.2) is 71.6 Å². The number of hydrogen-bond donors (Lipinski definition) is 1. The number of thiol groups is 1. The normalized spacial score (nSPS) is 17.6. The average Bonchev–Trinajstić information content (AvgIpc) is 3.19. The number of rotatable bonds is 1. The van der Waals surface area contributed by atoms with E-state index in [0.29, 0.717) is 0 Å². The van der Waals surface area contributed by atoms with Crippen LogP contribution in [0.3, 0.4) is 0 Å². The van der Waals surface area contributed by atoms with E-state index in [0.717, 1.165) is 44.5 Å². The number of benzene rings is 3. The minimum absolute atomic E-state index is 0.730. The molecule has 1 heteroatoms. The molecule has 0 aromatic heterocycles. The van der Waals surface area contributed by atoms with Crippen LogP contribution in [-0.4, -0.2) is 0 Å². The summed E-state index contributed by atoms with van der Waals surface area (Å²) < 4.78 is 0. The zero-order chi connectivity index (χ0) is 20.9. The zero-order valence-corrected chi connectivity index (χ0v) is 18.5. The Balaban J connectivity index is 1.46. The maximum atomic E-state index is 4.31. The first-order chi connectivity index (χ1) is 14.6. The third kappa shape index (κ3) is 5.18. The van der Waals surface area contributed by atoms with Crippen LogP contribution in [0.2, 0.25) is 0 Å². The Bertz CT molecular complexity index is 1150. The molecular weight excluding hydrogens is 380 g/mol. The van der Waals surface area contributed by atoms with E-state index in [1.165, 1.54) is 24.8 Å². The van der Waals surface area contributed by atoms with Crippen LogP contribution in [0.5, 0.6) is 0 Å². The van der Waals surface area contributed by atoms with E-state index in [1.807, 2.05) is 30.3 Å². The van der Waals surface area contributed by atoms with Crippen molar-refractivity contribution < 1.29 is 0 Å².